The van der Waals surface area contributed by atoms with Gasteiger partial charge in [0.05, 0.1) is 4.90 Å². The normalized spacial score (nSPS) is 20.7. The molecule has 3 aliphatic rings. The minimum Gasteiger partial charge on any atom is -0.343 e. The first-order valence-electron chi connectivity index (χ1n) is 11.6. The lowest BCUT2D eigenvalue weighted by atomic mass is 10.0. The van der Waals surface area contributed by atoms with Gasteiger partial charge in [0.15, 0.2) is 0 Å². The molecule has 0 aliphatic carbocycles. The fourth-order valence-corrected chi connectivity index (χ4v) is 6.34. The van der Waals surface area contributed by atoms with Gasteiger partial charge in [0.1, 0.15) is 0 Å². The fraction of sp³-hybridized carbons (Fsp3) is 0.652. The molecule has 8 heteroatoms. The van der Waals surface area contributed by atoms with Crippen LogP contribution >= 0.6 is 0 Å². The highest BCUT2D eigenvalue weighted by Crippen LogP contribution is 2.32. The van der Waals surface area contributed by atoms with E-state index in [2.05, 4.69) is 6.92 Å². The van der Waals surface area contributed by atoms with Crippen molar-refractivity contribution in [2.75, 3.05) is 37.6 Å². The molecule has 0 atom stereocenters. The van der Waals surface area contributed by atoms with Gasteiger partial charge < -0.3 is 9.80 Å². The monoisotopic (exact) mass is 447 g/mol. The molecule has 170 valence electrons. The molecule has 7 nitrogen and oxygen atoms in total. The van der Waals surface area contributed by atoms with Gasteiger partial charge in [-0.25, -0.2) is 8.42 Å². The van der Waals surface area contributed by atoms with E-state index in [4.69, 9.17) is 0 Å². The van der Waals surface area contributed by atoms with Crippen LogP contribution in [0.3, 0.4) is 0 Å². The van der Waals surface area contributed by atoms with E-state index in [1.807, 2.05) is 4.90 Å². The molecule has 4 rings (SSSR count). The van der Waals surface area contributed by atoms with E-state index >= 15 is 0 Å². The Balaban J connectivity index is 1.40. The SMILES string of the molecule is CC1CCN(S(=O)(=O)c2ccc3c(c2)CCN3C(=O)CCC(=O)N2CCCCC2)CC1. The quantitative estimate of drug-likeness (QED) is 0.695. The van der Waals surface area contributed by atoms with Crippen molar-refractivity contribution in [2.24, 2.45) is 5.92 Å². The van der Waals surface area contributed by atoms with Crippen molar-refractivity contribution in [3.05, 3.63) is 23.8 Å². The first kappa shape index (κ1) is 22.3. The van der Waals surface area contributed by atoms with Crippen molar-refractivity contribution in [3.8, 4) is 0 Å². The van der Waals surface area contributed by atoms with Crippen LogP contribution in [0.25, 0.3) is 0 Å². The number of anilines is 1. The summed E-state index contributed by atoms with van der Waals surface area (Å²) in [5.41, 5.74) is 1.67. The molecular weight excluding hydrogens is 414 g/mol. The van der Waals surface area contributed by atoms with Crippen molar-refractivity contribution >= 4 is 27.5 Å². The predicted octanol–water partition coefficient (Wildman–Crippen LogP) is 2.79. The zero-order valence-corrected chi connectivity index (χ0v) is 19.2. The lowest BCUT2D eigenvalue weighted by Gasteiger charge is -2.29. The van der Waals surface area contributed by atoms with E-state index in [1.54, 1.807) is 27.4 Å². The second-order valence-corrected chi connectivity index (χ2v) is 11.1. The maximum absolute atomic E-state index is 13.0. The van der Waals surface area contributed by atoms with Gasteiger partial charge in [-0.15, -0.1) is 0 Å². The van der Waals surface area contributed by atoms with Gasteiger partial charge in [-0.05, 0) is 68.2 Å². The summed E-state index contributed by atoms with van der Waals surface area (Å²) in [4.78, 5) is 29.0. The number of rotatable bonds is 5. The number of sulfonamides is 1. The molecular formula is C23H33N3O4S. The minimum absolute atomic E-state index is 0.0600. The molecule has 0 radical (unpaired) electrons. The summed E-state index contributed by atoms with van der Waals surface area (Å²) < 4.78 is 27.7. The van der Waals surface area contributed by atoms with Gasteiger partial charge in [0.25, 0.3) is 0 Å². The van der Waals surface area contributed by atoms with E-state index in [9.17, 15) is 18.0 Å². The Hall–Kier alpha value is -1.93. The number of carbonyl (C=O) groups is 2. The molecule has 31 heavy (non-hydrogen) atoms. The Bertz CT molecular complexity index is 932. The topological polar surface area (TPSA) is 78.0 Å². The minimum atomic E-state index is -3.50. The van der Waals surface area contributed by atoms with Crippen LogP contribution in [0, 0.1) is 5.92 Å². The summed E-state index contributed by atoms with van der Waals surface area (Å²) in [5, 5.41) is 0. The largest absolute Gasteiger partial charge is 0.343 e. The van der Waals surface area contributed by atoms with Crippen molar-refractivity contribution < 1.29 is 18.0 Å². The second kappa shape index (κ2) is 9.28. The third-order valence-corrected chi connectivity index (χ3v) is 8.78. The van der Waals surface area contributed by atoms with Crippen molar-refractivity contribution in [1.82, 2.24) is 9.21 Å². The summed E-state index contributed by atoms with van der Waals surface area (Å²) in [6.45, 7) is 5.42. The van der Waals surface area contributed by atoms with Gasteiger partial charge in [0.2, 0.25) is 21.8 Å². The average molecular weight is 448 g/mol. The first-order valence-corrected chi connectivity index (χ1v) is 13.0. The predicted molar refractivity (Wildman–Crippen MR) is 119 cm³/mol. The lowest BCUT2D eigenvalue weighted by molar-refractivity contribution is -0.133. The first-order chi connectivity index (χ1) is 14.9. The number of piperidine rings is 2. The molecule has 1 aromatic rings. The molecule has 0 N–H and O–H groups in total. The van der Waals surface area contributed by atoms with Gasteiger partial charge in [0, 0.05) is 51.3 Å². The van der Waals surface area contributed by atoms with Crippen LogP contribution in [0.5, 0.6) is 0 Å². The van der Waals surface area contributed by atoms with Crippen LogP contribution in [0.2, 0.25) is 0 Å². The Morgan fingerprint density at radius 3 is 2.32 bits per heavy atom. The molecule has 0 saturated carbocycles. The van der Waals surface area contributed by atoms with Gasteiger partial charge in [-0.3, -0.25) is 9.59 Å². The summed E-state index contributed by atoms with van der Waals surface area (Å²) in [6, 6.07) is 5.11. The van der Waals surface area contributed by atoms with Crippen LogP contribution in [-0.2, 0) is 26.0 Å². The highest BCUT2D eigenvalue weighted by molar-refractivity contribution is 7.89. The summed E-state index contributed by atoms with van der Waals surface area (Å²) in [5.74, 6) is 0.558. The molecule has 2 amide bonds. The Labute approximate surface area is 185 Å². The van der Waals surface area contributed by atoms with Crippen LogP contribution in [0.1, 0.15) is 57.4 Å². The number of benzene rings is 1. The smallest absolute Gasteiger partial charge is 0.243 e. The maximum Gasteiger partial charge on any atom is 0.243 e. The van der Waals surface area contributed by atoms with Crippen LogP contribution in [-0.4, -0.2) is 62.2 Å². The van der Waals surface area contributed by atoms with Crippen molar-refractivity contribution in [2.45, 2.75) is 63.2 Å². The number of hydrogen-bond donors (Lipinski definition) is 0. The molecule has 2 fully saturated rings. The second-order valence-electron chi connectivity index (χ2n) is 9.11. The van der Waals surface area contributed by atoms with Crippen LogP contribution in [0.15, 0.2) is 23.1 Å². The zero-order chi connectivity index (χ0) is 22.0. The molecule has 0 bridgehead atoms. The number of carbonyl (C=O) groups excluding carboxylic acids is 2. The molecule has 3 heterocycles. The van der Waals surface area contributed by atoms with Crippen molar-refractivity contribution in [1.29, 1.82) is 0 Å². The van der Waals surface area contributed by atoms with E-state index in [0.717, 1.165) is 50.0 Å². The molecule has 3 aliphatic heterocycles. The summed E-state index contributed by atoms with van der Waals surface area (Å²) in [7, 11) is -3.50. The molecule has 0 spiro atoms. The molecule has 0 unspecified atom stereocenters. The molecule has 1 aromatic carbocycles. The summed E-state index contributed by atoms with van der Waals surface area (Å²) in [6.07, 6.45) is 6.11. The number of nitrogens with zero attached hydrogens (tertiary/aromatic N) is 3. The molecule has 0 aromatic heterocycles. The zero-order valence-electron chi connectivity index (χ0n) is 18.4. The Morgan fingerprint density at radius 1 is 0.935 bits per heavy atom. The van der Waals surface area contributed by atoms with E-state index < -0.39 is 10.0 Å². The molecule has 2 saturated heterocycles. The third kappa shape index (κ3) is 4.80. The van der Waals surface area contributed by atoms with Gasteiger partial charge >= 0.3 is 0 Å². The van der Waals surface area contributed by atoms with Gasteiger partial charge in [-0.2, -0.15) is 4.31 Å². The van der Waals surface area contributed by atoms with Gasteiger partial charge in [-0.1, -0.05) is 6.92 Å². The lowest BCUT2D eigenvalue weighted by Crippen LogP contribution is -2.37. The standard InChI is InChI=1S/C23H33N3O4S/c1-18-9-14-25(15-10-18)31(29,30)20-5-6-21-19(17-20)11-16-26(21)23(28)8-7-22(27)24-12-3-2-4-13-24/h5-6,17-18H,2-4,7-16H2,1H3. The number of amides is 2. The van der Waals surface area contributed by atoms with E-state index in [0.29, 0.717) is 36.9 Å². The fourth-order valence-electron chi connectivity index (χ4n) is 4.82. The van der Waals surface area contributed by atoms with Crippen LogP contribution in [0.4, 0.5) is 5.69 Å². The highest BCUT2D eigenvalue weighted by atomic mass is 32.2. The van der Waals surface area contributed by atoms with E-state index in [-0.39, 0.29) is 24.7 Å². The Kier molecular flexibility index (Phi) is 6.67. The maximum atomic E-state index is 13.0. The number of hydrogen-bond acceptors (Lipinski definition) is 4. The highest BCUT2D eigenvalue weighted by Gasteiger charge is 2.31. The van der Waals surface area contributed by atoms with Crippen LogP contribution < -0.4 is 4.90 Å². The van der Waals surface area contributed by atoms with Crippen molar-refractivity contribution in [3.63, 3.8) is 0 Å². The third-order valence-electron chi connectivity index (χ3n) is 6.89. The van der Waals surface area contributed by atoms with E-state index in [1.165, 1.54) is 6.42 Å². The Morgan fingerprint density at radius 2 is 1.61 bits per heavy atom. The average Bonchev–Trinajstić information content (AvgIpc) is 3.21. The number of likely N-dealkylation sites (tertiary alicyclic amines) is 1. The number of fused-ring (bicyclic) bond motifs is 1. The summed E-state index contributed by atoms with van der Waals surface area (Å²) >= 11 is 0.